The zero-order valence-corrected chi connectivity index (χ0v) is 15.0. The number of hydrogen-bond acceptors (Lipinski definition) is 5. The molecule has 128 valence electrons. The van der Waals surface area contributed by atoms with Crippen molar-refractivity contribution >= 4 is 21.4 Å². The maximum atomic E-state index is 12.5. The highest BCUT2D eigenvalue weighted by molar-refractivity contribution is 7.91. The molecule has 24 heavy (non-hydrogen) atoms. The Bertz CT molecular complexity index is 810. The van der Waals surface area contributed by atoms with Crippen LogP contribution in [0.5, 0.6) is 5.75 Å². The highest BCUT2D eigenvalue weighted by atomic mass is 32.2. The van der Waals surface area contributed by atoms with Crippen molar-refractivity contribution in [3.63, 3.8) is 0 Å². The summed E-state index contributed by atoms with van der Waals surface area (Å²) in [4.78, 5) is 2.32. The molecule has 3 heterocycles. The molecule has 0 unspecified atom stereocenters. The molecule has 4 rings (SSSR count). The third-order valence-electron chi connectivity index (χ3n) is 4.58. The van der Waals surface area contributed by atoms with Crippen LogP contribution in [0.4, 0.5) is 0 Å². The second-order valence-corrected chi connectivity index (χ2v) is 9.27. The molecule has 1 aromatic carbocycles. The summed E-state index contributed by atoms with van der Waals surface area (Å²) in [6.45, 7) is 4.26. The number of thiophene rings is 1. The molecule has 0 amide bonds. The summed E-state index contributed by atoms with van der Waals surface area (Å²) in [5.41, 5.74) is 2.56. The van der Waals surface area contributed by atoms with E-state index in [0.717, 1.165) is 38.4 Å². The molecule has 2 aromatic rings. The van der Waals surface area contributed by atoms with Crippen LogP contribution in [-0.2, 0) is 23.0 Å². The van der Waals surface area contributed by atoms with Crippen LogP contribution in [0.1, 0.15) is 11.1 Å². The third-order valence-corrected chi connectivity index (χ3v) is 7.85. The Morgan fingerprint density at radius 2 is 1.96 bits per heavy atom. The number of ether oxygens (including phenoxy) is 1. The standard InChI is InChI=1S/C17H20N2O3S2/c20-24(21,17-2-1-11-23-17)19-8-6-18(7-9-19)13-14-3-4-16-15(12-14)5-10-22-16/h1-4,11-12H,5-10,13H2. The van der Waals surface area contributed by atoms with Crippen LogP contribution in [0.2, 0.25) is 0 Å². The predicted molar refractivity (Wildman–Crippen MR) is 94.0 cm³/mol. The lowest BCUT2D eigenvalue weighted by molar-refractivity contribution is 0.181. The van der Waals surface area contributed by atoms with Gasteiger partial charge in [0, 0.05) is 39.1 Å². The number of piperazine rings is 1. The lowest BCUT2D eigenvalue weighted by Gasteiger charge is -2.33. The second-order valence-electron chi connectivity index (χ2n) is 6.15. The second kappa shape index (κ2) is 6.48. The van der Waals surface area contributed by atoms with E-state index in [1.807, 2.05) is 0 Å². The van der Waals surface area contributed by atoms with E-state index in [1.165, 1.54) is 22.5 Å². The van der Waals surface area contributed by atoms with E-state index in [-0.39, 0.29) is 0 Å². The van der Waals surface area contributed by atoms with E-state index in [2.05, 4.69) is 23.1 Å². The van der Waals surface area contributed by atoms with Gasteiger partial charge in [-0.3, -0.25) is 4.90 Å². The van der Waals surface area contributed by atoms with E-state index < -0.39 is 10.0 Å². The highest BCUT2D eigenvalue weighted by Crippen LogP contribution is 2.27. The Morgan fingerprint density at radius 3 is 2.71 bits per heavy atom. The molecular weight excluding hydrogens is 344 g/mol. The molecule has 1 aromatic heterocycles. The molecule has 2 aliphatic heterocycles. The molecule has 0 N–H and O–H groups in total. The maximum Gasteiger partial charge on any atom is 0.252 e. The highest BCUT2D eigenvalue weighted by Gasteiger charge is 2.29. The Morgan fingerprint density at radius 1 is 1.12 bits per heavy atom. The molecule has 0 saturated carbocycles. The molecule has 5 nitrogen and oxygen atoms in total. The van der Waals surface area contributed by atoms with Gasteiger partial charge in [-0.1, -0.05) is 18.2 Å². The van der Waals surface area contributed by atoms with E-state index >= 15 is 0 Å². The first-order chi connectivity index (χ1) is 11.6. The van der Waals surface area contributed by atoms with Gasteiger partial charge in [-0.05, 0) is 28.6 Å². The minimum atomic E-state index is -3.31. The zero-order chi connectivity index (χ0) is 16.6. The molecule has 2 aliphatic rings. The molecular formula is C17H20N2O3S2. The first-order valence-corrected chi connectivity index (χ1v) is 10.5. The lowest BCUT2D eigenvalue weighted by atomic mass is 10.1. The monoisotopic (exact) mass is 364 g/mol. The van der Waals surface area contributed by atoms with Gasteiger partial charge >= 0.3 is 0 Å². The average molecular weight is 364 g/mol. The maximum absolute atomic E-state index is 12.5. The summed E-state index contributed by atoms with van der Waals surface area (Å²) in [5.74, 6) is 1.01. The van der Waals surface area contributed by atoms with E-state index in [1.54, 1.807) is 21.8 Å². The van der Waals surface area contributed by atoms with Gasteiger partial charge in [0.2, 0.25) is 0 Å². The Hall–Kier alpha value is -1.41. The summed E-state index contributed by atoms with van der Waals surface area (Å²) >= 11 is 1.28. The minimum Gasteiger partial charge on any atom is -0.493 e. The van der Waals surface area contributed by atoms with Gasteiger partial charge in [0.05, 0.1) is 6.61 Å². The van der Waals surface area contributed by atoms with Crippen LogP contribution in [0.25, 0.3) is 0 Å². The first kappa shape index (κ1) is 16.1. The number of hydrogen-bond donors (Lipinski definition) is 0. The molecule has 0 bridgehead atoms. The Labute approximate surface area is 146 Å². The fourth-order valence-electron chi connectivity index (χ4n) is 3.26. The first-order valence-electron chi connectivity index (χ1n) is 8.13. The molecule has 0 radical (unpaired) electrons. The van der Waals surface area contributed by atoms with Crippen molar-refractivity contribution in [1.82, 2.24) is 9.21 Å². The average Bonchev–Trinajstić information content (AvgIpc) is 3.27. The number of fused-ring (bicyclic) bond motifs is 1. The molecule has 7 heteroatoms. The van der Waals surface area contributed by atoms with Crippen LogP contribution in [-0.4, -0.2) is 50.4 Å². The summed E-state index contributed by atoms with van der Waals surface area (Å²) in [6, 6.07) is 9.84. The normalized spacial score (nSPS) is 19.2. The molecule has 1 fully saturated rings. The zero-order valence-electron chi connectivity index (χ0n) is 13.3. The number of nitrogens with zero attached hydrogens (tertiary/aromatic N) is 2. The van der Waals surface area contributed by atoms with Crippen LogP contribution in [0.15, 0.2) is 39.9 Å². The summed E-state index contributed by atoms with van der Waals surface area (Å²) in [6.07, 6.45) is 0.982. The third kappa shape index (κ3) is 3.09. The van der Waals surface area contributed by atoms with Crippen molar-refractivity contribution in [3.8, 4) is 5.75 Å². The van der Waals surface area contributed by atoms with Crippen molar-refractivity contribution in [2.75, 3.05) is 32.8 Å². The Balaban J connectivity index is 1.38. The SMILES string of the molecule is O=S(=O)(c1cccs1)N1CCN(Cc2ccc3c(c2)CCO3)CC1. The topological polar surface area (TPSA) is 49.9 Å². The number of benzene rings is 1. The van der Waals surface area contributed by atoms with E-state index in [4.69, 9.17) is 4.74 Å². The van der Waals surface area contributed by atoms with Gasteiger partial charge in [-0.15, -0.1) is 11.3 Å². The van der Waals surface area contributed by atoms with Crippen LogP contribution in [0, 0.1) is 0 Å². The van der Waals surface area contributed by atoms with Crippen molar-refractivity contribution in [2.24, 2.45) is 0 Å². The molecule has 0 aliphatic carbocycles. The quantitative estimate of drug-likeness (QED) is 0.834. The molecule has 1 saturated heterocycles. The smallest absolute Gasteiger partial charge is 0.252 e. The van der Waals surface area contributed by atoms with Crippen LogP contribution < -0.4 is 4.74 Å². The van der Waals surface area contributed by atoms with Gasteiger partial charge in [-0.25, -0.2) is 8.42 Å². The van der Waals surface area contributed by atoms with Gasteiger partial charge < -0.3 is 4.74 Å². The van der Waals surface area contributed by atoms with Gasteiger partial charge in [0.1, 0.15) is 9.96 Å². The predicted octanol–water partition coefficient (Wildman–Crippen LogP) is 2.19. The summed E-state index contributed by atoms with van der Waals surface area (Å²) < 4.78 is 32.7. The fourth-order valence-corrected chi connectivity index (χ4v) is 5.83. The minimum absolute atomic E-state index is 0.439. The van der Waals surface area contributed by atoms with Crippen LogP contribution >= 0.6 is 11.3 Å². The fraction of sp³-hybridized carbons (Fsp3) is 0.412. The van der Waals surface area contributed by atoms with Crippen molar-refractivity contribution in [1.29, 1.82) is 0 Å². The Kier molecular flexibility index (Phi) is 4.34. The number of sulfonamides is 1. The summed E-state index contributed by atoms with van der Waals surface area (Å²) in [7, 11) is -3.31. The largest absolute Gasteiger partial charge is 0.493 e. The van der Waals surface area contributed by atoms with Crippen molar-refractivity contribution < 1.29 is 13.2 Å². The summed E-state index contributed by atoms with van der Waals surface area (Å²) in [5, 5.41) is 1.81. The molecule has 0 spiro atoms. The van der Waals surface area contributed by atoms with Crippen LogP contribution in [0.3, 0.4) is 0 Å². The molecule has 0 atom stereocenters. The lowest BCUT2D eigenvalue weighted by Crippen LogP contribution is -2.48. The van der Waals surface area contributed by atoms with Gasteiger partial charge in [-0.2, -0.15) is 4.31 Å². The van der Waals surface area contributed by atoms with Crippen molar-refractivity contribution in [2.45, 2.75) is 17.2 Å². The van der Waals surface area contributed by atoms with Crippen molar-refractivity contribution in [3.05, 3.63) is 46.8 Å². The van der Waals surface area contributed by atoms with E-state index in [9.17, 15) is 8.42 Å². The van der Waals surface area contributed by atoms with Gasteiger partial charge in [0.15, 0.2) is 0 Å². The van der Waals surface area contributed by atoms with Gasteiger partial charge in [0.25, 0.3) is 10.0 Å². The van der Waals surface area contributed by atoms with E-state index in [0.29, 0.717) is 17.3 Å². The number of rotatable bonds is 4.